The lowest BCUT2D eigenvalue weighted by Gasteiger charge is -2.15. The molecule has 0 saturated carbocycles. The molecule has 0 amide bonds. The zero-order valence-electron chi connectivity index (χ0n) is 12.2. The third-order valence-electron chi connectivity index (χ3n) is 2.79. The molecule has 4 nitrogen and oxygen atoms in total. The normalized spacial score (nSPS) is 11.4. The van der Waals surface area contributed by atoms with E-state index in [2.05, 4.69) is 30.2 Å². The van der Waals surface area contributed by atoms with E-state index >= 15 is 0 Å². The lowest BCUT2D eigenvalue weighted by Crippen LogP contribution is -2.22. The highest BCUT2D eigenvalue weighted by atomic mass is 16.5. The fourth-order valence-corrected chi connectivity index (χ4v) is 1.39. The van der Waals surface area contributed by atoms with Crippen molar-refractivity contribution in [3.8, 4) is 11.8 Å². The van der Waals surface area contributed by atoms with Gasteiger partial charge < -0.3 is 10.1 Å². The number of nitriles is 1. The van der Waals surface area contributed by atoms with Crippen molar-refractivity contribution in [2.24, 2.45) is 5.41 Å². The topological polar surface area (TPSA) is 57.9 Å². The highest BCUT2D eigenvalue weighted by molar-refractivity contribution is 5.19. The number of hydrogen-bond donors (Lipinski definition) is 1. The van der Waals surface area contributed by atoms with Gasteiger partial charge in [0, 0.05) is 12.6 Å². The molecule has 1 rings (SSSR count). The summed E-state index contributed by atoms with van der Waals surface area (Å²) in [5.74, 6) is 0.752. The maximum atomic E-state index is 8.91. The smallest absolute Gasteiger partial charge is 0.137 e. The summed E-state index contributed by atoms with van der Waals surface area (Å²) in [7, 11) is 0. The molecule has 19 heavy (non-hydrogen) atoms. The predicted octanol–water partition coefficient (Wildman–Crippen LogP) is 2.90. The van der Waals surface area contributed by atoms with Crippen molar-refractivity contribution in [1.82, 2.24) is 10.3 Å². The summed E-state index contributed by atoms with van der Waals surface area (Å²) in [5, 5.41) is 12.2. The van der Waals surface area contributed by atoms with Gasteiger partial charge in [-0.1, -0.05) is 13.8 Å². The number of nitrogens with zero attached hydrogens (tertiary/aromatic N) is 2. The van der Waals surface area contributed by atoms with Crippen LogP contribution in [-0.2, 0) is 6.54 Å². The van der Waals surface area contributed by atoms with Crippen LogP contribution in [0.15, 0.2) is 18.3 Å². The fraction of sp³-hybridized carbons (Fsp3) is 0.600. The summed E-state index contributed by atoms with van der Waals surface area (Å²) >= 11 is 0. The molecule has 0 aliphatic heterocycles. The van der Waals surface area contributed by atoms with Crippen molar-refractivity contribution in [2.75, 3.05) is 6.61 Å². The van der Waals surface area contributed by atoms with Gasteiger partial charge in [0.1, 0.15) is 5.75 Å². The van der Waals surface area contributed by atoms with E-state index in [1.807, 2.05) is 26.0 Å². The number of ether oxygens (including phenoxy) is 1. The molecule has 0 atom stereocenters. The molecule has 1 aromatic rings. The van der Waals surface area contributed by atoms with E-state index in [9.17, 15) is 0 Å². The molecule has 0 aromatic carbocycles. The first-order valence-electron chi connectivity index (χ1n) is 6.65. The van der Waals surface area contributed by atoms with E-state index in [0.29, 0.717) is 19.1 Å². The maximum absolute atomic E-state index is 8.91. The first-order valence-corrected chi connectivity index (χ1v) is 6.65. The Morgan fingerprint density at radius 3 is 2.68 bits per heavy atom. The van der Waals surface area contributed by atoms with E-state index in [1.165, 1.54) is 0 Å². The molecule has 1 aromatic heterocycles. The number of nitrogens with one attached hydrogen (secondary N) is 1. The van der Waals surface area contributed by atoms with Crippen molar-refractivity contribution >= 4 is 0 Å². The molecule has 104 valence electrons. The maximum Gasteiger partial charge on any atom is 0.137 e. The van der Waals surface area contributed by atoms with Crippen LogP contribution in [0.3, 0.4) is 0 Å². The zero-order valence-corrected chi connectivity index (χ0v) is 12.2. The van der Waals surface area contributed by atoms with Crippen molar-refractivity contribution in [3.63, 3.8) is 0 Å². The van der Waals surface area contributed by atoms with Crippen molar-refractivity contribution in [1.29, 1.82) is 5.26 Å². The second kappa shape index (κ2) is 7.10. The molecule has 0 saturated heterocycles. The summed E-state index contributed by atoms with van der Waals surface area (Å²) in [6, 6.07) is 6.59. The van der Waals surface area contributed by atoms with E-state index in [-0.39, 0.29) is 5.41 Å². The van der Waals surface area contributed by atoms with Crippen LogP contribution in [0.5, 0.6) is 5.75 Å². The molecule has 1 N–H and O–H groups in total. The Balaban J connectivity index is 2.38. The van der Waals surface area contributed by atoms with Crippen molar-refractivity contribution < 1.29 is 4.74 Å². The Bertz CT molecular complexity index is 418. The van der Waals surface area contributed by atoms with Crippen molar-refractivity contribution in [2.45, 2.75) is 46.7 Å². The first kappa shape index (κ1) is 15.5. The molecule has 0 aliphatic rings. The SMILES string of the molecule is CC(C)NCc1ccc(OCCC(C)(C)C#N)cn1. The second-order valence-electron chi connectivity index (χ2n) is 5.61. The molecule has 1 heterocycles. The highest BCUT2D eigenvalue weighted by Crippen LogP contribution is 2.19. The standard InChI is InChI=1S/C15H23N3O/c1-12(2)17-9-13-5-6-14(10-18-13)19-8-7-15(3,4)11-16/h5-6,10,12,17H,7-9H2,1-4H3. The lowest BCUT2D eigenvalue weighted by atomic mass is 9.92. The predicted molar refractivity (Wildman–Crippen MR) is 75.7 cm³/mol. The third kappa shape index (κ3) is 6.21. The van der Waals surface area contributed by atoms with Crippen LogP contribution in [0.25, 0.3) is 0 Å². The van der Waals surface area contributed by atoms with Crippen LogP contribution < -0.4 is 10.1 Å². The average Bonchev–Trinajstić information content (AvgIpc) is 2.37. The molecule has 0 spiro atoms. The van der Waals surface area contributed by atoms with Gasteiger partial charge in [-0.2, -0.15) is 5.26 Å². The fourth-order valence-electron chi connectivity index (χ4n) is 1.39. The molecule has 0 aliphatic carbocycles. The summed E-state index contributed by atoms with van der Waals surface area (Å²) < 4.78 is 5.59. The summed E-state index contributed by atoms with van der Waals surface area (Å²) in [6.07, 6.45) is 2.44. The van der Waals surface area contributed by atoms with E-state index < -0.39 is 0 Å². The van der Waals surface area contributed by atoms with Crippen molar-refractivity contribution in [3.05, 3.63) is 24.0 Å². The Morgan fingerprint density at radius 1 is 1.42 bits per heavy atom. The van der Waals surface area contributed by atoms with Gasteiger partial charge in [0.15, 0.2) is 0 Å². The summed E-state index contributed by atoms with van der Waals surface area (Å²) in [4.78, 5) is 4.33. The van der Waals surface area contributed by atoms with Crippen LogP contribution in [0, 0.1) is 16.7 Å². The molecule has 0 fully saturated rings. The Labute approximate surface area is 115 Å². The Morgan fingerprint density at radius 2 is 2.16 bits per heavy atom. The zero-order chi connectivity index (χ0) is 14.3. The summed E-state index contributed by atoms with van der Waals surface area (Å²) in [5.41, 5.74) is 0.660. The molecule has 4 heteroatoms. The average molecular weight is 261 g/mol. The van der Waals surface area contributed by atoms with Crippen LogP contribution in [0.1, 0.15) is 39.8 Å². The van der Waals surface area contributed by atoms with Gasteiger partial charge >= 0.3 is 0 Å². The largest absolute Gasteiger partial charge is 0.492 e. The van der Waals surface area contributed by atoms with Gasteiger partial charge in [-0.15, -0.1) is 0 Å². The van der Waals surface area contributed by atoms with Gasteiger partial charge in [0.25, 0.3) is 0 Å². The summed E-state index contributed by atoms with van der Waals surface area (Å²) in [6.45, 7) is 9.33. The van der Waals surface area contributed by atoms with Gasteiger partial charge in [-0.25, -0.2) is 0 Å². The van der Waals surface area contributed by atoms with Crippen LogP contribution in [-0.4, -0.2) is 17.6 Å². The Kier molecular flexibility index (Phi) is 5.78. The number of hydrogen-bond acceptors (Lipinski definition) is 4. The third-order valence-corrected chi connectivity index (χ3v) is 2.79. The van der Waals surface area contributed by atoms with Gasteiger partial charge in [0.05, 0.1) is 30.0 Å². The number of pyridine rings is 1. The van der Waals surface area contributed by atoms with E-state index in [0.717, 1.165) is 18.0 Å². The number of rotatable bonds is 7. The van der Waals surface area contributed by atoms with Gasteiger partial charge in [-0.05, 0) is 32.4 Å². The monoisotopic (exact) mass is 261 g/mol. The molecule has 0 bridgehead atoms. The van der Waals surface area contributed by atoms with Gasteiger partial charge in [0.2, 0.25) is 0 Å². The minimum atomic E-state index is -0.339. The Hall–Kier alpha value is -1.60. The van der Waals surface area contributed by atoms with E-state index in [4.69, 9.17) is 10.00 Å². The second-order valence-corrected chi connectivity index (χ2v) is 5.61. The van der Waals surface area contributed by atoms with E-state index in [1.54, 1.807) is 6.20 Å². The minimum Gasteiger partial charge on any atom is -0.492 e. The molecule has 0 radical (unpaired) electrons. The van der Waals surface area contributed by atoms with Gasteiger partial charge in [-0.3, -0.25) is 4.98 Å². The first-order chi connectivity index (χ1) is 8.93. The molecule has 0 unspecified atom stereocenters. The highest BCUT2D eigenvalue weighted by Gasteiger charge is 2.16. The lowest BCUT2D eigenvalue weighted by molar-refractivity contribution is 0.263. The molecular weight excluding hydrogens is 238 g/mol. The molecular formula is C15H23N3O. The minimum absolute atomic E-state index is 0.339. The van der Waals surface area contributed by atoms with Crippen LogP contribution in [0.4, 0.5) is 0 Å². The quantitative estimate of drug-likeness (QED) is 0.820. The number of aromatic nitrogens is 1. The van der Waals surface area contributed by atoms with Crippen LogP contribution in [0.2, 0.25) is 0 Å². The van der Waals surface area contributed by atoms with Crippen LogP contribution >= 0.6 is 0 Å².